The Bertz CT molecular complexity index is 194. The molecular weight excluding hydrogens is 193 g/mol. The Morgan fingerprint density at radius 1 is 1.21 bits per heavy atom. The van der Waals surface area contributed by atoms with E-state index in [-0.39, 0.29) is 0 Å². The molecule has 0 spiro atoms. The van der Waals surface area contributed by atoms with E-state index in [1.807, 2.05) is 0 Å². The molecule has 0 heterocycles. The molecule has 0 saturated heterocycles. The van der Waals surface area contributed by atoms with Crippen LogP contribution >= 0.6 is 0 Å². The van der Waals surface area contributed by atoms with Gasteiger partial charge in [-0.15, -0.1) is 0 Å². The van der Waals surface area contributed by atoms with Gasteiger partial charge >= 0.3 is 6.18 Å². The lowest BCUT2D eigenvalue weighted by Gasteiger charge is -1.99. The van der Waals surface area contributed by atoms with Gasteiger partial charge in [-0.3, -0.25) is 4.79 Å². The first kappa shape index (κ1) is 13.2. The van der Waals surface area contributed by atoms with Gasteiger partial charge in [0.25, 0.3) is 5.78 Å². The maximum absolute atomic E-state index is 11.7. The Hall–Kier alpha value is -0.800. The molecule has 0 rings (SSSR count). The van der Waals surface area contributed by atoms with Gasteiger partial charge in [0, 0.05) is 0 Å². The summed E-state index contributed by atoms with van der Waals surface area (Å²) < 4.78 is 35.0. The molecule has 0 amide bonds. The van der Waals surface area contributed by atoms with Crippen molar-refractivity contribution < 1.29 is 18.0 Å². The van der Waals surface area contributed by atoms with Crippen molar-refractivity contribution in [1.29, 1.82) is 0 Å². The maximum atomic E-state index is 11.7. The van der Waals surface area contributed by atoms with Crippen LogP contribution in [0.1, 0.15) is 39.0 Å². The first-order valence-electron chi connectivity index (χ1n) is 4.76. The molecule has 0 fully saturated rings. The molecule has 0 aliphatic heterocycles. The molecule has 82 valence electrons. The molecule has 0 aromatic carbocycles. The minimum absolute atomic E-state index is 0.543. The van der Waals surface area contributed by atoms with Crippen LogP contribution in [0.3, 0.4) is 0 Å². The van der Waals surface area contributed by atoms with Gasteiger partial charge in [-0.05, 0) is 18.9 Å². The quantitative estimate of drug-likeness (QED) is 0.481. The lowest BCUT2D eigenvalue weighted by Crippen LogP contribution is -2.19. The van der Waals surface area contributed by atoms with Gasteiger partial charge in [-0.2, -0.15) is 13.2 Å². The van der Waals surface area contributed by atoms with E-state index in [4.69, 9.17) is 0 Å². The van der Waals surface area contributed by atoms with Crippen molar-refractivity contribution in [2.75, 3.05) is 0 Å². The Morgan fingerprint density at radius 3 is 2.36 bits per heavy atom. The average Bonchev–Trinajstić information content (AvgIpc) is 2.09. The Balaban J connectivity index is 3.58. The molecular formula is C10H15F3O. The van der Waals surface area contributed by atoms with Crippen LogP contribution in [0.5, 0.6) is 0 Å². The van der Waals surface area contributed by atoms with Crippen molar-refractivity contribution in [1.82, 2.24) is 0 Å². The summed E-state index contributed by atoms with van der Waals surface area (Å²) in [6, 6.07) is 0. The minimum atomic E-state index is -4.72. The third-order valence-electron chi connectivity index (χ3n) is 1.77. The van der Waals surface area contributed by atoms with Crippen molar-refractivity contribution in [3.63, 3.8) is 0 Å². The summed E-state index contributed by atoms with van der Waals surface area (Å²) >= 11 is 0. The van der Waals surface area contributed by atoms with Crippen LogP contribution in [0, 0.1) is 0 Å². The second kappa shape index (κ2) is 6.62. The fourth-order valence-corrected chi connectivity index (χ4v) is 0.974. The number of hydrogen-bond donors (Lipinski definition) is 0. The van der Waals surface area contributed by atoms with E-state index >= 15 is 0 Å². The summed E-state index contributed by atoms with van der Waals surface area (Å²) in [6.07, 6.45) is 1.75. The molecule has 0 N–H and O–H groups in total. The number of allylic oxidation sites excluding steroid dienone is 2. The lowest BCUT2D eigenvalue weighted by atomic mass is 10.1. The van der Waals surface area contributed by atoms with E-state index in [1.54, 1.807) is 0 Å². The van der Waals surface area contributed by atoms with Gasteiger partial charge in [-0.25, -0.2) is 0 Å². The SMILES string of the molecule is CCCCCC/C=C/C(=O)C(F)(F)F. The summed E-state index contributed by atoms with van der Waals surface area (Å²) in [7, 11) is 0. The first-order valence-corrected chi connectivity index (χ1v) is 4.76. The molecule has 14 heavy (non-hydrogen) atoms. The molecule has 1 nitrogen and oxygen atoms in total. The predicted octanol–water partition coefficient (Wildman–Crippen LogP) is 3.64. The minimum Gasteiger partial charge on any atom is -0.285 e. The number of hydrogen-bond acceptors (Lipinski definition) is 1. The van der Waals surface area contributed by atoms with Crippen LogP contribution in [-0.2, 0) is 4.79 Å². The van der Waals surface area contributed by atoms with Crippen molar-refractivity contribution in [2.45, 2.75) is 45.2 Å². The Morgan fingerprint density at radius 2 is 1.86 bits per heavy atom. The maximum Gasteiger partial charge on any atom is 0.454 e. The van der Waals surface area contributed by atoms with E-state index in [1.165, 1.54) is 6.08 Å². The number of carbonyl (C=O) groups excluding carboxylic acids is 1. The molecule has 0 aromatic heterocycles. The molecule has 0 aliphatic carbocycles. The molecule has 0 saturated carbocycles. The van der Waals surface area contributed by atoms with Crippen LogP contribution in [0.4, 0.5) is 13.2 Å². The molecule has 0 bridgehead atoms. The third-order valence-corrected chi connectivity index (χ3v) is 1.77. The van der Waals surface area contributed by atoms with Crippen LogP contribution in [0.2, 0.25) is 0 Å². The van der Waals surface area contributed by atoms with Crippen LogP contribution < -0.4 is 0 Å². The standard InChI is InChI=1S/C10H15F3O/c1-2-3-4-5-6-7-8-9(14)10(11,12)13/h7-8H,2-6H2,1H3/b8-7+. The highest BCUT2D eigenvalue weighted by molar-refractivity contribution is 5.94. The number of alkyl halides is 3. The first-order chi connectivity index (χ1) is 6.48. The Labute approximate surface area is 82.0 Å². The summed E-state index contributed by atoms with van der Waals surface area (Å²) in [6.45, 7) is 2.06. The second-order valence-electron chi connectivity index (χ2n) is 3.11. The highest BCUT2D eigenvalue weighted by atomic mass is 19.4. The molecule has 4 heteroatoms. The smallest absolute Gasteiger partial charge is 0.285 e. The number of ketones is 1. The second-order valence-corrected chi connectivity index (χ2v) is 3.11. The van der Waals surface area contributed by atoms with E-state index in [0.29, 0.717) is 12.5 Å². The van der Waals surface area contributed by atoms with Crippen LogP contribution in [0.25, 0.3) is 0 Å². The molecule has 0 unspecified atom stereocenters. The Kier molecular flexibility index (Phi) is 6.25. The zero-order valence-electron chi connectivity index (χ0n) is 8.23. The highest BCUT2D eigenvalue weighted by Crippen LogP contribution is 2.16. The number of halogens is 3. The summed E-state index contributed by atoms with van der Waals surface area (Å²) in [5.41, 5.74) is 0. The largest absolute Gasteiger partial charge is 0.454 e. The van der Waals surface area contributed by atoms with E-state index < -0.39 is 12.0 Å². The third kappa shape index (κ3) is 6.69. The van der Waals surface area contributed by atoms with E-state index in [0.717, 1.165) is 25.7 Å². The number of carbonyl (C=O) groups is 1. The predicted molar refractivity (Wildman–Crippen MR) is 49.0 cm³/mol. The molecule has 0 aromatic rings. The number of unbranched alkanes of at least 4 members (excludes halogenated alkanes) is 4. The zero-order valence-corrected chi connectivity index (χ0v) is 8.23. The summed E-state index contributed by atoms with van der Waals surface area (Å²) in [5, 5.41) is 0. The van der Waals surface area contributed by atoms with Crippen LogP contribution in [-0.4, -0.2) is 12.0 Å². The lowest BCUT2D eigenvalue weighted by molar-refractivity contribution is -0.165. The highest BCUT2D eigenvalue weighted by Gasteiger charge is 2.35. The topological polar surface area (TPSA) is 17.1 Å². The van der Waals surface area contributed by atoms with Gasteiger partial charge in [0.2, 0.25) is 0 Å². The average molecular weight is 208 g/mol. The zero-order chi connectivity index (χ0) is 11.0. The van der Waals surface area contributed by atoms with Crippen LogP contribution in [0.15, 0.2) is 12.2 Å². The molecule has 0 atom stereocenters. The molecule has 0 radical (unpaired) electrons. The van der Waals surface area contributed by atoms with Crippen molar-refractivity contribution in [3.05, 3.63) is 12.2 Å². The monoisotopic (exact) mass is 208 g/mol. The van der Waals surface area contributed by atoms with Gasteiger partial charge in [0.1, 0.15) is 0 Å². The number of rotatable bonds is 6. The van der Waals surface area contributed by atoms with Crippen molar-refractivity contribution in [3.8, 4) is 0 Å². The molecule has 0 aliphatic rings. The van der Waals surface area contributed by atoms with Crippen molar-refractivity contribution >= 4 is 5.78 Å². The van der Waals surface area contributed by atoms with Gasteiger partial charge in [0.05, 0.1) is 0 Å². The van der Waals surface area contributed by atoms with Crippen molar-refractivity contribution in [2.24, 2.45) is 0 Å². The van der Waals surface area contributed by atoms with Gasteiger partial charge in [0.15, 0.2) is 0 Å². The van der Waals surface area contributed by atoms with E-state index in [9.17, 15) is 18.0 Å². The normalized spacial score (nSPS) is 12.3. The van der Waals surface area contributed by atoms with E-state index in [2.05, 4.69) is 6.92 Å². The summed E-state index contributed by atoms with van der Waals surface area (Å²) in [4.78, 5) is 10.3. The van der Waals surface area contributed by atoms with Gasteiger partial charge < -0.3 is 0 Å². The summed E-state index contributed by atoms with van der Waals surface area (Å²) in [5.74, 6) is -1.77. The fraction of sp³-hybridized carbons (Fsp3) is 0.700. The van der Waals surface area contributed by atoms with Gasteiger partial charge in [-0.1, -0.05) is 32.3 Å². The fourth-order valence-electron chi connectivity index (χ4n) is 0.974.